The van der Waals surface area contributed by atoms with E-state index in [1.54, 1.807) is 6.08 Å². The van der Waals surface area contributed by atoms with Gasteiger partial charge in [-0.25, -0.2) is 0 Å². The van der Waals surface area contributed by atoms with Crippen LogP contribution in [-0.4, -0.2) is 87.5 Å². The predicted molar refractivity (Wildman–Crippen MR) is 295 cm³/mol. The predicted octanol–water partition coefficient (Wildman–Crippen LogP) is 15.4. The molecule has 1 saturated heterocycles. The van der Waals surface area contributed by atoms with E-state index in [1.807, 2.05) is 6.08 Å². The molecule has 0 aromatic heterocycles. The lowest BCUT2D eigenvalue weighted by atomic mass is 9.99. The molecule has 0 aliphatic carbocycles. The Bertz CT molecular complexity index is 1150. The highest BCUT2D eigenvalue weighted by Gasteiger charge is 2.44. The van der Waals surface area contributed by atoms with Gasteiger partial charge < -0.3 is 40.3 Å². The maximum absolute atomic E-state index is 13.1. The number of aliphatic hydroxyl groups is 5. The number of hydrogen-bond acceptors (Lipinski definition) is 8. The molecule has 6 N–H and O–H groups in total. The first-order valence-electron chi connectivity index (χ1n) is 30.6. The molecule has 1 rings (SSSR count). The fourth-order valence-electron chi connectivity index (χ4n) is 9.92. The van der Waals surface area contributed by atoms with Gasteiger partial charge >= 0.3 is 0 Å². The molecule has 414 valence electrons. The number of nitrogens with one attached hydrogen (secondary N) is 1. The van der Waals surface area contributed by atoms with Gasteiger partial charge in [0.1, 0.15) is 24.4 Å². The smallest absolute Gasteiger partial charge is 0.220 e. The summed E-state index contributed by atoms with van der Waals surface area (Å²) in [4.78, 5) is 13.1. The van der Waals surface area contributed by atoms with E-state index in [0.29, 0.717) is 6.42 Å². The van der Waals surface area contributed by atoms with Crippen LogP contribution in [0, 0.1) is 0 Å². The molecule has 9 nitrogen and oxygen atoms in total. The first-order chi connectivity index (χ1) is 34.3. The molecule has 1 heterocycles. The van der Waals surface area contributed by atoms with Crippen molar-refractivity contribution in [1.29, 1.82) is 0 Å². The number of hydrogen-bond donors (Lipinski definition) is 6. The van der Waals surface area contributed by atoms with Gasteiger partial charge in [0.05, 0.1) is 25.4 Å². The molecular formula is C61H117NO8. The standard InChI is InChI=1S/C61H117NO8/c1-3-5-7-9-11-13-15-17-19-21-23-25-27-29-30-32-34-36-38-40-42-44-46-48-50-55(64)54(53-69-61-60(68)59(67)58(66)56(52-63)70-61)62-57(65)51-49-47-45-43-41-39-37-35-33-31-28-26-24-22-20-18-16-14-12-10-8-6-4-2/h22,24,48,50,54-56,58-61,63-64,66-68H,3-21,23,25-47,49,51-53H2,1-2H3,(H,62,65)/b24-22-,50-48+. The number of rotatable bonds is 53. The molecule has 7 atom stereocenters. The lowest BCUT2D eigenvalue weighted by Crippen LogP contribution is -2.60. The highest BCUT2D eigenvalue weighted by molar-refractivity contribution is 5.76. The van der Waals surface area contributed by atoms with Crippen LogP contribution in [-0.2, 0) is 14.3 Å². The Hall–Kier alpha value is -1.33. The van der Waals surface area contributed by atoms with Crippen LogP contribution in [0.4, 0.5) is 0 Å². The molecular weight excluding hydrogens is 875 g/mol. The van der Waals surface area contributed by atoms with Crippen LogP contribution in [0.25, 0.3) is 0 Å². The van der Waals surface area contributed by atoms with Crippen molar-refractivity contribution in [2.45, 2.75) is 346 Å². The van der Waals surface area contributed by atoms with E-state index < -0.39 is 49.5 Å². The Balaban J connectivity index is 2.20. The van der Waals surface area contributed by atoms with Gasteiger partial charge in [-0.05, 0) is 44.9 Å². The summed E-state index contributed by atoms with van der Waals surface area (Å²) in [5.74, 6) is -0.173. The van der Waals surface area contributed by atoms with Crippen molar-refractivity contribution in [1.82, 2.24) is 5.32 Å². The molecule has 1 aliphatic rings. The summed E-state index contributed by atoms with van der Waals surface area (Å²) in [6.45, 7) is 3.82. The summed E-state index contributed by atoms with van der Waals surface area (Å²) < 4.78 is 11.3. The molecule has 0 aromatic carbocycles. The van der Waals surface area contributed by atoms with Gasteiger partial charge in [0, 0.05) is 6.42 Å². The first kappa shape index (κ1) is 66.7. The molecule has 0 radical (unpaired) electrons. The number of ether oxygens (including phenoxy) is 2. The number of aliphatic hydroxyl groups excluding tert-OH is 5. The Kier molecular flexibility index (Phi) is 48.7. The first-order valence-corrected chi connectivity index (χ1v) is 30.6. The van der Waals surface area contributed by atoms with Crippen molar-refractivity contribution in [2.24, 2.45) is 0 Å². The molecule has 1 fully saturated rings. The van der Waals surface area contributed by atoms with Crippen LogP contribution in [0.3, 0.4) is 0 Å². The lowest BCUT2D eigenvalue weighted by molar-refractivity contribution is -0.302. The van der Waals surface area contributed by atoms with E-state index in [0.717, 1.165) is 38.5 Å². The third-order valence-corrected chi connectivity index (χ3v) is 14.8. The van der Waals surface area contributed by atoms with E-state index >= 15 is 0 Å². The molecule has 1 amide bonds. The summed E-state index contributed by atoms with van der Waals surface area (Å²) in [6, 6.07) is -0.804. The van der Waals surface area contributed by atoms with Crippen LogP contribution in [0.5, 0.6) is 0 Å². The van der Waals surface area contributed by atoms with Crippen LogP contribution in [0.1, 0.15) is 303 Å². The van der Waals surface area contributed by atoms with E-state index in [4.69, 9.17) is 9.47 Å². The van der Waals surface area contributed by atoms with Crippen LogP contribution in [0.15, 0.2) is 24.3 Å². The minimum atomic E-state index is -1.57. The maximum atomic E-state index is 13.1. The summed E-state index contributed by atoms with van der Waals surface area (Å²) in [6.07, 6.45) is 58.2. The van der Waals surface area contributed by atoms with Crippen molar-refractivity contribution in [2.75, 3.05) is 13.2 Å². The highest BCUT2D eigenvalue weighted by Crippen LogP contribution is 2.23. The second-order valence-electron chi connectivity index (χ2n) is 21.5. The average molecular weight is 993 g/mol. The van der Waals surface area contributed by atoms with Crippen LogP contribution in [0.2, 0.25) is 0 Å². The zero-order valence-corrected chi connectivity index (χ0v) is 46.0. The number of allylic oxidation sites excluding steroid dienone is 3. The van der Waals surface area contributed by atoms with E-state index in [-0.39, 0.29) is 12.5 Å². The summed E-state index contributed by atoms with van der Waals surface area (Å²) in [5, 5.41) is 54.6. The largest absolute Gasteiger partial charge is 0.394 e. The van der Waals surface area contributed by atoms with Crippen molar-refractivity contribution >= 4 is 5.91 Å². The van der Waals surface area contributed by atoms with Crippen molar-refractivity contribution < 1.29 is 39.8 Å². The van der Waals surface area contributed by atoms with Crippen molar-refractivity contribution in [3.8, 4) is 0 Å². The Morgan fingerprint density at radius 3 is 1.16 bits per heavy atom. The molecule has 1 aliphatic heterocycles. The molecule has 0 spiro atoms. The molecule has 0 aromatic rings. The molecule has 7 unspecified atom stereocenters. The van der Waals surface area contributed by atoms with E-state index in [2.05, 4.69) is 31.3 Å². The van der Waals surface area contributed by atoms with Gasteiger partial charge in [0.25, 0.3) is 0 Å². The quantitative estimate of drug-likeness (QED) is 0.0261. The van der Waals surface area contributed by atoms with Gasteiger partial charge in [-0.2, -0.15) is 0 Å². The SMILES string of the molecule is CCCCCCCCCC/C=C\CCCCCCCCCCCCCC(=O)NC(COC1OC(CO)C(O)C(O)C1O)C(O)/C=C/CCCCCCCCCCCCCCCCCCCCCCCC. The fourth-order valence-corrected chi connectivity index (χ4v) is 9.92. The van der Waals surface area contributed by atoms with Gasteiger partial charge in [0.2, 0.25) is 5.91 Å². The Labute approximate surface area is 432 Å². The van der Waals surface area contributed by atoms with Gasteiger partial charge in [-0.15, -0.1) is 0 Å². The third kappa shape index (κ3) is 40.1. The highest BCUT2D eigenvalue weighted by atomic mass is 16.7. The number of unbranched alkanes of at least 4 members (excludes halogenated alkanes) is 41. The van der Waals surface area contributed by atoms with Gasteiger partial charge in [-0.1, -0.05) is 276 Å². The Morgan fingerprint density at radius 1 is 0.471 bits per heavy atom. The average Bonchev–Trinajstić information content (AvgIpc) is 3.36. The minimum absolute atomic E-state index is 0.173. The third-order valence-electron chi connectivity index (χ3n) is 14.8. The summed E-state index contributed by atoms with van der Waals surface area (Å²) in [7, 11) is 0. The second kappa shape index (κ2) is 51.2. The van der Waals surface area contributed by atoms with Crippen LogP contribution < -0.4 is 5.32 Å². The summed E-state index contributed by atoms with van der Waals surface area (Å²) in [5.41, 5.74) is 0. The monoisotopic (exact) mass is 992 g/mol. The van der Waals surface area contributed by atoms with Crippen LogP contribution >= 0.6 is 0 Å². The van der Waals surface area contributed by atoms with Gasteiger partial charge in [0.15, 0.2) is 6.29 Å². The molecule has 9 heteroatoms. The number of carbonyl (C=O) groups is 1. The summed E-state index contributed by atoms with van der Waals surface area (Å²) >= 11 is 0. The number of amides is 1. The van der Waals surface area contributed by atoms with E-state index in [9.17, 15) is 30.3 Å². The fraction of sp³-hybridized carbons (Fsp3) is 0.918. The van der Waals surface area contributed by atoms with Crippen molar-refractivity contribution in [3.63, 3.8) is 0 Å². The maximum Gasteiger partial charge on any atom is 0.220 e. The zero-order chi connectivity index (χ0) is 50.8. The minimum Gasteiger partial charge on any atom is -0.394 e. The number of carbonyl (C=O) groups excluding carboxylic acids is 1. The zero-order valence-electron chi connectivity index (χ0n) is 46.0. The van der Waals surface area contributed by atoms with Crippen molar-refractivity contribution in [3.05, 3.63) is 24.3 Å². The second-order valence-corrected chi connectivity index (χ2v) is 21.5. The lowest BCUT2D eigenvalue weighted by Gasteiger charge is -2.40. The topological polar surface area (TPSA) is 149 Å². The van der Waals surface area contributed by atoms with Gasteiger partial charge in [-0.3, -0.25) is 4.79 Å². The molecule has 0 saturated carbocycles. The molecule has 0 bridgehead atoms. The van der Waals surface area contributed by atoms with E-state index in [1.165, 1.54) is 244 Å². The molecule has 70 heavy (non-hydrogen) atoms. The Morgan fingerprint density at radius 2 is 0.800 bits per heavy atom. The normalized spacial score (nSPS) is 19.4.